The van der Waals surface area contributed by atoms with E-state index in [0.717, 1.165) is 39.0 Å². The van der Waals surface area contributed by atoms with E-state index in [9.17, 15) is 9.59 Å². The van der Waals surface area contributed by atoms with Crippen molar-refractivity contribution in [1.29, 1.82) is 0 Å². The minimum absolute atomic E-state index is 0.132. The summed E-state index contributed by atoms with van der Waals surface area (Å²) in [6, 6.07) is 0. The van der Waals surface area contributed by atoms with Crippen LogP contribution in [0.1, 0.15) is 86.0 Å². The van der Waals surface area contributed by atoms with Crippen LogP contribution >= 0.6 is 0 Å². The summed E-state index contributed by atoms with van der Waals surface area (Å²) in [5.41, 5.74) is 1.61. The summed E-state index contributed by atoms with van der Waals surface area (Å²) in [5.74, 6) is 2.86. The standard InChI is InChI=1S/C27H44N2O2/c1-6-9-16-29-18-20-21-10-11-23(25(31)28(7-2)8-3)26(21,4)15-13-22(20)27(5)14-12-19(30)17-24(27)29/h17,20-23H,6-16,18H2,1-5H3/t20-,21-,22-,23+,26-,27+/m0/s1. The smallest absolute Gasteiger partial charge is 0.226 e. The SMILES string of the molecule is CCCCN1C[C@H]2[C@@H]3CC[C@H](C(=O)N(CC)CC)[C@@]3(C)CC[C@@H]2[C@@]2(C)CCC(=O)C=C12. The molecule has 2 saturated carbocycles. The Bertz CT molecular complexity index is 742. The highest BCUT2D eigenvalue weighted by atomic mass is 16.2. The first-order valence-electron chi connectivity index (χ1n) is 13.1. The van der Waals surface area contributed by atoms with Gasteiger partial charge in [0.2, 0.25) is 5.91 Å². The highest BCUT2D eigenvalue weighted by Crippen LogP contribution is 2.65. The molecule has 174 valence electrons. The maximum Gasteiger partial charge on any atom is 0.226 e. The zero-order valence-electron chi connectivity index (χ0n) is 20.6. The average Bonchev–Trinajstić information content (AvgIpc) is 3.11. The molecule has 31 heavy (non-hydrogen) atoms. The van der Waals surface area contributed by atoms with Crippen molar-refractivity contribution in [3.8, 4) is 0 Å². The number of likely N-dealkylation sites (tertiary alicyclic amines) is 1. The van der Waals surface area contributed by atoms with Crippen molar-refractivity contribution in [3.05, 3.63) is 11.8 Å². The van der Waals surface area contributed by atoms with Crippen LogP contribution in [-0.4, -0.2) is 47.7 Å². The first kappa shape index (κ1) is 22.9. The van der Waals surface area contributed by atoms with Crippen LogP contribution in [0.15, 0.2) is 11.8 Å². The molecule has 1 amide bonds. The number of piperidine rings is 1. The Kier molecular flexibility index (Phi) is 6.31. The van der Waals surface area contributed by atoms with Crippen LogP contribution in [0.4, 0.5) is 0 Å². The lowest BCUT2D eigenvalue weighted by Gasteiger charge is -2.61. The Balaban J connectivity index is 1.65. The van der Waals surface area contributed by atoms with E-state index in [1.54, 1.807) is 0 Å². The molecule has 6 atom stereocenters. The van der Waals surface area contributed by atoms with Gasteiger partial charge in [0.05, 0.1) is 0 Å². The number of nitrogens with zero attached hydrogens (tertiary/aromatic N) is 2. The minimum Gasteiger partial charge on any atom is -0.374 e. The highest BCUT2D eigenvalue weighted by Gasteiger charge is 2.61. The summed E-state index contributed by atoms with van der Waals surface area (Å²) in [7, 11) is 0. The molecule has 4 nitrogen and oxygen atoms in total. The van der Waals surface area contributed by atoms with E-state index in [4.69, 9.17) is 0 Å². The maximum absolute atomic E-state index is 13.4. The number of rotatable bonds is 6. The molecule has 0 aromatic carbocycles. The molecule has 1 heterocycles. The van der Waals surface area contributed by atoms with E-state index in [-0.39, 0.29) is 16.7 Å². The van der Waals surface area contributed by atoms with Gasteiger partial charge in [-0.1, -0.05) is 27.2 Å². The first-order chi connectivity index (χ1) is 14.8. The van der Waals surface area contributed by atoms with Gasteiger partial charge < -0.3 is 9.80 Å². The normalized spacial score (nSPS) is 39.5. The van der Waals surface area contributed by atoms with Crippen LogP contribution < -0.4 is 0 Å². The molecule has 0 aromatic heterocycles. The van der Waals surface area contributed by atoms with E-state index >= 15 is 0 Å². The lowest BCUT2D eigenvalue weighted by atomic mass is 9.49. The molecule has 3 fully saturated rings. The molecule has 0 bridgehead atoms. The van der Waals surface area contributed by atoms with Crippen LogP contribution in [0.5, 0.6) is 0 Å². The van der Waals surface area contributed by atoms with Gasteiger partial charge in [0, 0.05) is 55.7 Å². The molecule has 1 aliphatic heterocycles. The molecular weight excluding hydrogens is 384 g/mol. The number of carbonyl (C=O) groups is 2. The van der Waals surface area contributed by atoms with Gasteiger partial charge in [0.1, 0.15) is 0 Å². The van der Waals surface area contributed by atoms with E-state index in [2.05, 4.69) is 44.4 Å². The van der Waals surface area contributed by atoms with Crippen LogP contribution in [0.25, 0.3) is 0 Å². The summed E-state index contributed by atoms with van der Waals surface area (Å²) in [6.07, 6.45) is 10.7. The highest BCUT2D eigenvalue weighted by molar-refractivity contribution is 5.91. The third-order valence-electron chi connectivity index (χ3n) is 9.96. The number of hydrogen-bond donors (Lipinski definition) is 0. The van der Waals surface area contributed by atoms with Gasteiger partial charge in [0.25, 0.3) is 0 Å². The Labute approximate surface area is 189 Å². The minimum atomic E-state index is 0.132. The van der Waals surface area contributed by atoms with E-state index in [1.165, 1.54) is 37.8 Å². The number of allylic oxidation sites excluding steroid dienone is 2. The van der Waals surface area contributed by atoms with E-state index in [0.29, 0.717) is 35.9 Å². The topological polar surface area (TPSA) is 40.6 Å². The molecule has 0 aromatic rings. The number of carbonyl (C=O) groups excluding carboxylic acids is 2. The van der Waals surface area contributed by atoms with Crippen molar-refractivity contribution in [2.24, 2.45) is 34.5 Å². The first-order valence-corrected chi connectivity index (χ1v) is 13.1. The van der Waals surface area contributed by atoms with Crippen molar-refractivity contribution in [3.63, 3.8) is 0 Å². The zero-order valence-corrected chi connectivity index (χ0v) is 20.6. The second-order valence-corrected chi connectivity index (χ2v) is 11.3. The molecule has 4 aliphatic rings. The Hall–Kier alpha value is -1.32. The van der Waals surface area contributed by atoms with Gasteiger partial charge in [-0.15, -0.1) is 0 Å². The molecule has 1 saturated heterocycles. The number of fused-ring (bicyclic) bond motifs is 5. The van der Waals surface area contributed by atoms with Crippen LogP contribution in [-0.2, 0) is 9.59 Å². The quantitative estimate of drug-likeness (QED) is 0.578. The molecule has 0 spiro atoms. The van der Waals surface area contributed by atoms with Crippen LogP contribution in [0.2, 0.25) is 0 Å². The predicted octanol–water partition coefficient (Wildman–Crippen LogP) is 5.28. The summed E-state index contributed by atoms with van der Waals surface area (Å²) in [6.45, 7) is 15.2. The predicted molar refractivity (Wildman–Crippen MR) is 125 cm³/mol. The van der Waals surface area contributed by atoms with Crippen molar-refractivity contribution in [1.82, 2.24) is 9.80 Å². The van der Waals surface area contributed by atoms with Crippen molar-refractivity contribution < 1.29 is 9.59 Å². The number of unbranched alkanes of at least 4 members (excludes halogenated alkanes) is 1. The fourth-order valence-corrected chi connectivity index (χ4v) is 8.14. The van der Waals surface area contributed by atoms with E-state index in [1.807, 2.05) is 6.08 Å². The Morgan fingerprint density at radius 2 is 1.84 bits per heavy atom. The summed E-state index contributed by atoms with van der Waals surface area (Å²) >= 11 is 0. The molecular formula is C27H44N2O2. The van der Waals surface area contributed by atoms with Gasteiger partial charge >= 0.3 is 0 Å². The van der Waals surface area contributed by atoms with Crippen LogP contribution in [0, 0.1) is 34.5 Å². The van der Waals surface area contributed by atoms with Gasteiger partial charge in [-0.3, -0.25) is 9.59 Å². The van der Waals surface area contributed by atoms with Gasteiger partial charge in [-0.2, -0.15) is 0 Å². The van der Waals surface area contributed by atoms with Gasteiger partial charge in [-0.25, -0.2) is 0 Å². The van der Waals surface area contributed by atoms with Crippen LogP contribution in [0.3, 0.4) is 0 Å². The summed E-state index contributed by atoms with van der Waals surface area (Å²) in [4.78, 5) is 30.4. The molecule has 0 unspecified atom stereocenters. The second-order valence-electron chi connectivity index (χ2n) is 11.3. The maximum atomic E-state index is 13.4. The van der Waals surface area contributed by atoms with Crippen molar-refractivity contribution in [2.45, 2.75) is 86.0 Å². The van der Waals surface area contributed by atoms with Crippen molar-refractivity contribution in [2.75, 3.05) is 26.2 Å². The zero-order chi connectivity index (χ0) is 22.4. The van der Waals surface area contributed by atoms with Gasteiger partial charge in [0.15, 0.2) is 5.78 Å². The molecule has 0 radical (unpaired) electrons. The lowest BCUT2D eigenvalue weighted by Crippen LogP contribution is -2.58. The van der Waals surface area contributed by atoms with Crippen molar-refractivity contribution >= 4 is 11.7 Å². The summed E-state index contributed by atoms with van der Waals surface area (Å²) < 4.78 is 0. The number of ketones is 1. The second kappa shape index (κ2) is 8.56. The largest absolute Gasteiger partial charge is 0.374 e. The number of amides is 1. The molecule has 3 aliphatic carbocycles. The fourth-order valence-electron chi connectivity index (χ4n) is 8.14. The molecule has 4 rings (SSSR count). The Morgan fingerprint density at radius 1 is 1.10 bits per heavy atom. The lowest BCUT2D eigenvalue weighted by molar-refractivity contribution is -0.143. The van der Waals surface area contributed by atoms with E-state index < -0.39 is 0 Å². The Morgan fingerprint density at radius 3 is 2.52 bits per heavy atom. The summed E-state index contributed by atoms with van der Waals surface area (Å²) in [5, 5.41) is 0. The fraction of sp³-hybridized carbons (Fsp3) is 0.852. The third-order valence-corrected chi connectivity index (χ3v) is 9.96. The third kappa shape index (κ3) is 3.56. The monoisotopic (exact) mass is 428 g/mol. The molecule has 4 heteroatoms. The number of hydrogen-bond acceptors (Lipinski definition) is 3. The molecule has 0 N–H and O–H groups in total. The van der Waals surface area contributed by atoms with Gasteiger partial charge in [-0.05, 0) is 75.5 Å². The average molecular weight is 429 g/mol.